The molecule has 0 aromatic carbocycles. The minimum absolute atomic E-state index is 0.0808. The Morgan fingerprint density at radius 2 is 1.78 bits per heavy atom. The molecule has 0 bridgehead atoms. The highest BCUT2D eigenvalue weighted by Gasteiger charge is 2.53. The predicted octanol–water partition coefficient (Wildman–Crippen LogP) is 3.52. The fourth-order valence-corrected chi connectivity index (χ4v) is 4.32. The standard InChI is InChI=1S/C16H28O2/c1-15(2)11-13(15)14(17)12-6-9-18-16(10-12)7-4-3-5-8-16/h12-14,17H,3-11H2,1-2H3. The van der Waals surface area contributed by atoms with E-state index in [-0.39, 0.29) is 11.7 Å². The summed E-state index contributed by atoms with van der Waals surface area (Å²) in [6, 6.07) is 0. The van der Waals surface area contributed by atoms with E-state index in [1.165, 1.54) is 38.5 Å². The summed E-state index contributed by atoms with van der Waals surface area (Å²) in [6.07, 6.45) is 9.76. The van der Waals surface area contributed by atoms with Gasteiger partial charge in [0, 0.05) is 6.61 Å². The largest absolute Gasteiger partial charge is 0.393 e. The Labute approximate surface area is 111 Å². The van der Waals surface area contributed by atoms with Gasteiger partial charge in [-0.1, -0.05) is 33.1 Å². The van der Waals surface area contributed by atoms with Gasteiger partial charge in [0.1, 0.15) is 0 Å². The van der Waals surface area contributed by atoms with Gasteiger partial charge in [0.2, 0.25) is 0 Å². The van der Waals surface area contributed by atoms with Gasteiger partial charge < -0.3 is 9.84 Å². The minimum atomic E-state index is -0.0808. The summed E-state index contributed by atoms with van der Waals surface area (Å²) in [5.41, 5.74) is 0.526. The third-order valence-corrected chi connectivity index (χ3v) is 5.78. The maximum atomic E-state index is 10.6. The van der Waals surface area contributed by atoms with Crippen LogP contribution >= 0.6 is 0 Å². The van der Waals surface area contributed by atoms with Crippen molar-refractivity contribution in [2.24, 2.45) is 17.3 Å². The van der Waals surface area contributed by atoms with Crippen molar-refractivity contribution in [2.45, 2.75) is 76.9 Å². The molecule has 0 aromatic rings. The molecule has 1 heterocycles. The van der Waals surface area contributed by atoms with E-state index in [4.69, 9.17) is 4.74 Å². The lowest BCUT2D eigenvalue weighted by molar-refractivity contribution is -0.136. The zero-order chi connectivity index (χ0) is 12.8. The van der Waals surface area contributed by atoms with Crippen LogP contribution in [-0.4, -0.2) is 23.4 Å². The third kappa shape index (κ3) is 2.34. The Bertz CT molecular complexity index is 299. The van der Waals surface area contributed by atoms with Crippen molar-refractivity contribution >= 4 is 0 Å². The zero-order valence-electron chi connectivity index (χ0n) is 12.0. The molecule has 104 valence electrons. The number of rotatable bonds is 2. The van der Waals surface area contributed by atoms with E-state index in [1.54, 1.807) is 0 Å². The molecule has 3 rings (SSSR count). The van der Waals surface area contributed by atoms with Gasteiger partial charge in [0.05, 0.1) is 11.7 Å². The number of aliphatic hydroxyl groups excluding tert-OH is 1. The highest BCUT2D eigenvalue weighted by Crippen LogP contribution is 2.56. The summed E-state index contributed by atoms with van der Waals surface area (Å²) >= 11 is 0. The van der Waals surface area contributed by atoms with Crippen LogP contribution in [0.25, 0.3) is 0 Å². The molecular weight excluding hydrogens is 224 g/mol. The number of hydrogen-bond acceptors (Lipinski definition) is 2. The smallest absolute Gasteiger partial charge is 0.0686 e. The van der Waals surface area contributed by atoms with E-state index in [2.05, 4.69) is 13.8 Å². The van der Waals surface area contributed by atoms with Crippen LogP contribution in [0.1, 0.15) is 65.2 Å². The summed E-state index contributed by atoms with van der Waals surface area (Å²) in [5, 5.41) is 10.6. The third-order valence-electron chi connectivity index (χ3n) is 5.78. The maximum Gasteiger partial charge on any atom is 0.0686 e. The van der Waals surface area contributed by atoms with Gasteiger partial charge in [-0.2, -0.15) is 0 Å². The first kappa shape index (κ1) is 12.9. The Morgan fingerprint density at radius 1 is 1.11 bits per heavy atom. The Kier molecular flexibility index (Phi) is 3.22. The average molecular weight is 252 g/mol. The van der Waals surface area contributed by atoms with Crippen LogP contribution in [0.4, 0.5) is 0 Å². The molecule has 1 spiro atoms. The van der Waals surface area contributed by atoms with Crippen LogP contribution in [0.5, 0.6) is 0 Å². The van der Waals surface area contributed by atoms with E-state index < -0.39 is 0 Å². The van der Waals surface area contributed by atoms with Gasteiger partial charge in [-0.3, -0.25) is 0 Å². The molecule has 3 fully saturated rings. The van der Waals surface area contributed by atoms with Gasteiger partial charge >= 0.3 is 0 Å². The van der Waals surface area contributed by atoms with Crippen molar-refractivity contribution in [3.8, 4) is 0 Å². The summed E-state index contributed by atoms with van der Waals surface area (Å²) < 4.78 is 6.13. The number of hydrogen-bond donors (Lipinski definition) is 1. The second kappa shape index (κ2) is 4.49. The van der Waals surface area contributed by atoms with Crippen LogP contribution in [0.3, 0.4) is 0 Å². The molecule has 0 amide bonds. The van der Waals surface area contributed by atoms with Crippen LogP contribution in [0.15, 0.2) is 0 Å². The lowest BCUT2D eigenvalue weighted by atomic mass is 9.73. The molecule has 2 nitrogen and oxygen atoms in total. The molecule has 2 heteroatoms. The minimum Gasteiger partial charge on any atom is -0.393 e. The topological polar surface area (TPSA) is 29.5 Å². The maximum absolute atomic E-state index is 10.6. The van der Waals surface area contributed by atoms with Crippen molar-refractivity contribution in [3.05, 3.63) is 0 Å². The summed E-state index contributed by atoms with van der Waals surface area (Å²) in [4.78, 5) is 0. The van der Waals surface area contributed by atoms with Gasteiger partial charge in [-0.15, -0.1) is 0 Å². The van der Waals surface area contributed by atoms with E-state index in [9.17, 15) is 5.11 Å². The van der Waals surface area contributed by atoms with Crippen molar-refractivity contribution < 1.29 is 9.84 Å². The van der Waals surface area contributed by atoms with E-state index in [0.717, 1.165) is 19.4 Å². The Balaban J connectivity index is 1.63. The Hall–Kier alpha value is -0.0800. The quantitative estimate of drug-likeness (QED) is 0.814. The monoisotopic (exact) mass is 252 g/mol. The van der Waals surface area contributed by atoms with E-state index in [0.29, 0.717) is 17.3 Å². The summed E-state index contributed by atoms with van der Waals surface area (Å²) in [7, 11) is 0. The predicted molar refractivity (Wildman–Crippen MR) is 72.4 cm³/mol. The molecule has 3 atom stereocenters. The van der Waals surface area contributed by atoms with Crippen LogP contribution in [0, 0.1) is 17.3 Å². The molecule has 18 heavy (non-hydrogen) atoms. The van der Waals surface area contributed by atoms with Crippen LogP contribution in [0.2, 0.25) is 0 Å². The average Bonchev–Trinajstić information content (AvgIpc) is 2.98. The molecule has 2 aliphatic carbocycles. The van der Waals surface area contributed by atoms with Gasteiger partial charge in [-0.05, 0) is 49.4 Å². The first-order valence-electron chi connectivity index (χ1n) is 7.85. The first-order chi connectivity index (χ1) is 8.53. The molecule has 2 saturated carbocycles. The second-order valence-corrected chi connectivity index (χ2v) is 7.63. The molecule has 3 unspecified atom stereocenters. The molecule has 3 aliphatic rings. The SMILES string of the molecule is CC1(C)CC1C(O)C1CCOC2(CCCCC2)C1. The van der Waals surface area contributed by atoms with Gasteiger partial charge in [0.25, 0.3) is 0 Å². The Morgan fingerprint density at radius 3 is 2.39 bits per heavy atom. The number of aliphatic hydroxyl groups is 1. The molecule has 1 N–H and O–H groups in total. The highest BCUT2D eigenvalue weighted by atomic mass is 16.5. The van der Waals surface area contributed by atoms with E-state index in [1.807, 2.05) is 0 Å². The zero-order valence-corrected chi connectivity index (χ0v) is 12.0. The lowest BCUT2D eigenvalue weighted by Crippen LogP contribution is -2.45. The van der Waals surface area contributed by atoms with Crippen LogP contribution in [-0.2, 0) is 4.74 Å². The van der Waals surface area contributed by atoms with Gasteiger partial charge in [-0.25, -0.2) is 0 Å². The van der Waals surface area contributed by atoms with Crippen molar-refractivity contribution in [1.82, 2.24) is 0 Å². The van der Waals surface area contributed by atoms with Crippen LogP contribution < -0.4 is 0 Å². The second-order valence-electron chi connectivity index (χ2n) is 7.63. The first-order valence-corrected chi connectivity index (χ1v) is 7.85. The van der Waals surface area contributed by atoms with Crippen molar-refractivity contribution in [1.29, 1.82) is 0 Å². The highest BCUT2D eigenvalue weighted by molar-refractivity contribution is 5.03. The van der Waals surface area contributed by atoms with Crippen molar-refractivity contribution in [2.75, 3.05) is 6.61 Å². The van der Waals surface area contributed by atoms with Gasteiger partial charge in [0.15, 0.2) is 0 Å². The molecule has 1 aliphatic heterocycles. The fraction of sp³-hybridized carbons (Fsp3) is 1.00. The molecule has 1 saturated heterocycles. The summed E-state index contributed by atoms with van der Waals surface area (Å²) in [6.45, 7) is 5.45. The van der Waals surface area contributed by atoms with Crippen molar-refractivity contribution in [3.63, 3.8) is 0 Å². The molecule has 0 aromatic heterocycles. The molecular formula is C16H28O2. The summed E-state index contributed by atoms with van der Waals surface area (Å²) in [5.74, 6) is 1.03. The number of ether oxygens (including phenoxy) is 1. The lowest BCUT2D eigenvalue weighted by Gasteiger charge is -2.45. The molecule has 0 radical (unpaired) electrons. The van der Waals surface area contributed by atoms with E-state index >= 15 is 0 Å². The normalized spacial score (nSPS) is 39.5. The fourth-order valence-electron chi connectivity index (χ4n) is 4.32.